The third kappa shape index (κ3) is 5.09. The van der Waals surface area contributed by atoms with Gasteiger partial charge in [0.1, 0.15) is 6.54 Å². The van der Waals surface area contributed by atoms with Crippen LogP contribution in [0.25, 0.3) is 6.08 Å². The maximum Gasteiger partial charge on any atom is 0.327 e. The summed E-state index contributed by atoms with van der Waals surface area (Å²) in [5.74, 6) is -0.268. The Hall–Kier alpha value is -1.14. The molecule has 1 saturated heterocycles. The van der Waals surface area contributed by atoms with Gasteiger partial charge in [-0.25, -0.2) is 0 Å². The van der Waals surface area contributed by atoms with E-state index in [1.807, 2.05) is 12.1 Å². The molecule has 7 heteroatoms. The minimum atomic E-state index is -0.268. The van der Waals surface area contributed by atoms with E-state index in [1.54, 1.807) is 17.8 Å². The Morgan fingerprint density at radius 2 is 2.50 bits per heavy atom. The van der Waals surface area contributed by atoms with Crippen molar-refractivity contribution in [2.45, 2.75) is 31.6 Å². The van der Waals surface area contributed by atoms with E-state index in [0.29, 0.717) is 11.9 Å². The van der Waals surface area contributed by atoms with Gasteiger partial charge in [0, 0.05) is 23.7 Å². The zero-order valence-corrected chi connectivity index (χ0v) is 13.1. The first-order valence-corrected chi connectivity index (χ1v) is 7.00. The highest BCUT2D eigenvalue weighted by Gasteiger charge is 2.13. The van der Waals surface area contributed by atoms with E-state index >= 15 is 0 Å². The van der Waals surface area contributed by atoms with Crippen LogP contribution in [0.15, 0.2) is 18.0 Å². The van der Waals surface area contributed by atoms with E-state index in [-0.39, 0.29) is 24.9 Å². The van der Waals surface area contributed by atoms with Crippen LogP contribution in [0.3, 0.4) is 0 Å². The fraction of sp³-hybridized carbons (Fsp3) is 0.538. The highest BCUT2D eigenvalue weighted by Crippen LogP contribution is 2.18. The molecule has 2 rings (SSSR count). The molecule has 1 fully saturated rings. The van der Waals surface area contributed by atoms with Crippen molar-refractivity contribution in [2.75, 3.05) is 13.2 Å². The van der Waals surface area contributed by atoms with Gasteiger partial charge in [0.25, 0.3) is 0 Å². The van der Waals surface area contributed by atoms with Crippen molar-refractivity contribution in [3.8, 4) is 0 Å². The zero-order valence-electron chi connectivity index (χ0n) is 11.4. The number of ether oxygens (including phenoxy) is 1. The normalized spacial score (nSPS) is 20.1. The molecule has 5 nitrogen and oxygen atoms in total. The Balaban J connectivity index is 0.00000200. The van der Waals surface area contributed by atoms with E-state index in [1.165, 1.54) is 0 Å². The molecule has 0 saturated carbocycles. The van der Waals surface area contributed by atoms with Gasteiger partial charge in [0.2, 0.25) is 0 Å². The molecule has 0 bridgehead atoms. The number of rotatable bonds is 4. The fourth-order valence-electron chi connectivity index (χ4n) is 2.00. The monoisotopic (exact) mass is 317 g/mol. The van der Waals surface area contributed by atoms with Crippen LogP contribution in [0, 0.1) is 0 Å². The lowest BCUT2D eigenvalue weighted by molar-refractivity contribution is -0.144. The molecule has 1 aliphatic rings. The van der Waals surface area contributed by atoms with Crippen LogP contribution in [0.4, 0.5) is 0 Å². The lowest BCUT2D eigenvalue weighted by atomic mass is 10.1. The molecule has 1 aromatic heterocycles. The molecule has 1 atom stereocenters. The van der Waals surface area contributed by atoms with Crippen LogP contribution in [0.1, 0.15) is 25.5 Å². The molecule has 0 spiro atoms. The number of hydrogen-bond acceptors (Lipinski definition) is 5. The molecule has 0 aromatic carbocycles. The minimum Gasteiger partial charge on any atom is -0.465 e. The van der Waals surface area contributed by atoms with Gasteiger partial charge in [0.15, 0.2) is 0 Å². The van der Waals surface area contributed by atoms with Crippen molar-refractivity contribution in [3.05, 3.63) is 23.7 Å². The Kier molecular flexibility index (Phi) is 6.95. The molecule has 0 radical (unpaired) electrons. The Labute approximate surface area is 130 Å². The van der Waals surface area contributed by atoms with Crippen LogP contribution in [-0.4, -0.2) is 34.2 Å². The van der Waals surface area contributed by atoms with Crippen molar-refractivity contribution in [2.24, 2.45) is 0 Å². The second-order valence-corrected chi connectivity index (χ2v) is 5.22. The van der Waals surface area contributed by atoms with E-state index in [0.717, 1.165) is 30.8 Å². The molecular formula is C13H20ClN3O2S. The third-order valence-electron chi connectivity index (χ3n) is 2.86. The number of esters is 1. The van der Waals surface area contributed by atoms with Crippen molar-refractivity contribution in [3.63, 3.8) is 0 Å². The molecular weight excluding hydrogens is 298 g/mol. The largest absolute Gasteiger partial charge is 0.465 e. The number of thiol groups is 1. The predicted octanol–water partition coefficient (Wildman–Crippen LogP) is 1.89. The molecule has 1 aliphatic heterocycles. The van der Waals surface area contributed by atoms with Crippen LogP contribution in [0.5, 0.6) is 0 Å². The summed E-state index contributed by atoms with van der Waals surface area (Å²) in [5, 5.41) is 8.08. The number of carbonyl (C=O) groups is 1. The molecule has 1 aromatic rings. The number of allylic oxidation sites excluding steroid dienone is 1. The van der Waals surface area contributed by atoms with Crippen LogP contribution in [0.2, 0.25) is 0 Å². The fourth-order valence-corrected chi connectivity index (χ4v) is 2.32. The Bertz CT molecular complexity index is 476. The van der Waals surface area contributed by atoms with Gasteiger partial charge >= 0.3 is 5.97 Å². The van der Waals surface area contributed by atoms with E-state index in [2.05, 4.69) is 23.0 Å². The molecule has 112 valence electrons. The molecule has 0 amide bonds. The van der Waals surface area contributed by atoms with E-state index in [9.17, 15) is 4.79 Å². The van der Waals surface area contributed by atoms with Gasteiger partial charge in [-0.1, -0.05) is 0 Å². The summed E-state index contributed by atoms with van der Waals surface area (Å²) in [6, 6.07) is 1.88. The van der Waals surface area contributed by atoms with Crippen molar-refractivity contribution < 1.29 is 9.53 Å². The topological polar surface area (TPSA) is 56.1 Å². The first-order valence-electron chi connectivity index (χ1n) is 6.49. The number of nitrogens with zero attached hydrogens (tertiary/aromatic N) is 2. The summed E-state index contributed by atoms with van der Waals surface area (Å²) in [5.41, 5.74) is 1.99. The molecule has 0 aliphatic carbocycles. The summed E-state index contributed by atoms with van der Waals surface area (Å²) < 4.78 is 6.47. The van der Waals surface area contributed by atoms with Gasteiger partial charge in [-0.2, -0.15) is 17.7 Å². The van der Waals surface area contributed by atoms with E-state index in [4.69, 9.17) is 4.74 Å². The molecule has 1 N–H and O–H groups in total. The van der Waals surface area contributed by atoms with Gasteiger partial charge in [-0.3, -0.25) is 9.48 Å². The van der Waals surface area contributed by atoms with Gasteiger partial charge in [-0.15, -0.1) is 12.4 Å². The zero-order chi connectivity index (χ0) is 13.7. The quantitative estimate of drug-likeness (QED) is 0.658. The molecule has 1 unspecified atom stereocenters. The highest BCUT2D eigenvalue weighted by molar-refractivity contribution is 7.80. The number of hydrogen-bond donors (Lipinski definition) is 2. The van der Waals surface area contributed by atoms with E-state index < -0.39 is 0 Å². The predicted molar refractivity (Wildman–Crippen MR) is 84.1 cm³/mol. The maximum absolute atomic E-state index is 11.3. The molecule has 20 heavy (non-hydrogen) atoms. The van der Waals surface area contributed by atoms with Gasteiger partial charge < -0.3 is 10.1 Å². The van der Waals surface area contributed by atoms with Crippen molar-refractivity contribution in [1.82, 2.24) is 15.1 Å². The standard InChI is InChI=1S/C13H19N3O2S.ClH/c1-2-18-13(17)9-16-6-4-10(15-16)7-11-8-12(19)3-5-14-11;/h4,6-7,12,14,19H,2-3,5,8-9H2,1H3;1H. The second kappa shape index (κ2) is 8.21. The maximum atomic E-state index is 11.3. The van der Waals surface area contributed by atoms with Crippen LogP contribution < -0.4 is 5.32 Å². The van der Waals surface area contributed by atoms with Gasteiger partial charge in [0.05, 0.1) is 12.3 Å². The smallest absolute Gasteiger partial charge is 0.327 e. The third-order valence-corrected chi connectivity index (χ3v) is 3.31. The SMILES string of the molecule is CCOC(=O)Cn1ccc(C=C2CC(S)CCN2)n1.Cl. The average molecular weight is 318 g/mol. The number of nitrogens with one attached hydrogen (secondary N) is 1. The summed E-state index contributed by atoms with van der Waals surface area (Å²) in [7, 11) is 0. The summed E-state index contributed by atoms with van der Waals surface area (Å²) in [6.07, 6.45) is 5.79. The number of carbonyl (C=O) groups excluding carboxylic acids is 1. The highest BCUT2D eigenvalue weighted by atomic mass is 35.5. The summed E-state index contributed by atoms with van der Waals surface area (Å²) >= 11 is 4.49. The first kappa shape index (κ1) is 16.9. The van der Waals surface area contributed by atoms with Gasteiger partial charge in [-0.05, 0) is 31.9 Å². The van der Waals surface area contributed by atoms with Crippen molar-refractivity contribution in [1.29, 1.82) is 0 Å². The van der Waals surface area contributed by atoms with Crippen LogP contribution in [-0.2, 0) is 16.1 Å². The minimum absolute atomic E-state index is 0. The number of halogens is 1. The van der Waals surface area contributed by atoms with Crippen LogP contribution >= 0.6 is 25.0 Å². The average Bonchev–Trinajstić information content (AvgIpc) is 2.76. The summed E-state index contributed by atoms with van der Waals surface area (Å²) in [4.78, 5) is 11.3. The second-order valence-electron chi connectivity index (χ2n) is 4.49. The Morgan fingerprint density at radius 3 is 3.20 bits per heavy atom. The molecule has 2 heterocycles. The van der Waals surface area contributed by atoms with Crippen molar-refractivity contribution >= 4 is 37.1 Å². The lowest BCUT2D eigenvalue weighted by Gasteiger charge is -2.21. The summed E-state index contributed by atoms with van der Waals surface area (Å²) in [6.45, 7) is 3.28. The lowest BCUT2D eigenvalue weighted by Crippen LogP contribution is -2.26. The Morgan fingerprint density at radius 1 is 1.70 bits per heavy atom. The number of aromatic nitrogens is 2. The number of piperidine rings is 1. The first-order chi connectivity index (χ1) is 9.17.